The van der Waals surface area contributed by atoms with Crippen molar-refractivity contribution >= 4 is 5.97 Å². The van der Waals surface area contributed by atoms with Crippen LogP contribution < -0.4 is 0 Å². The molecule has 0 aliphatic heterocycles. The van der Waals surface area contributed by atoms with Gasteiger partial charge in [-0.05, 0) is 19.3 Å². The number of carbonyl (C=O) groups excluding carboxylic acids is 1. The fourth-order valence-corrected chi connectivity index (χ4v) is 1.01. The highest BCUT2D eigenvalue weighted by molar-refractivity contribution is 5.77. The number of hydrogen-bond donors (Lipinski definition) is 0. The zero-order valence-corrected chi connectivity index (χ0v) is 7.49. The summed E-state index contributed by atoms with van der Waals surface area (Å²) in [5.41, 5.74) is 0.459. The van der Waals surface area contributed by atoms with Gasteiger partial charge in [0.2, 0.25) is 0 Å². The standard InChI is InChI=1S/C11H14O2/c1-3-13-11(12)9(2)10-7-5-4-6-8-10/h4-9H,3H2,1-2H3/i2D3. The van der Waals surface area contributed by atoms with Gasteiger partial charge in [-0.15, -0.1) is 0 Å². The molecule has 1 unspecified atom stereocenters. The van der Waals surface area contributed by atoms with Crippen LogP contribution in [0.2, 0.25) is 0 Å². The second kappa shape index (κ2) is 4.65. The van der Waals surface area contributed by atoms with Crippen molar-refractivity contribution in [3.05, 3.63) is 35.9 Å². The number of carbonyl (C=O) groups is 1. The Morgan fingerprint density at radius 3 is 2.77 bits per heavy atom. The molecule has 0 saturated heterocycles. The zero-order chi connectivity index (χ0) is 12.2. The molecular formula is C11H14O2. The fourth-order valence-electron chi connectivity index (χ4n) is 1.01. The van der Waals surface area contributed by atoms with E-state index >= 15 is 0 Å². The number of esters is 1. The lowest BCUT2D eigenvalue weighted by molar-refractivity contribution is -0.144. The summed E-state index contributed by atoms with van der Waals surface area (Å²) in [4.78, 5) is 11.6. The number of benzene rings is 1. The minimum atomic E-state index is -2.38. The van der Waals surface area contributed by atoms with Gasteiger partial charge in [-0.3, -0.25) is 4.79 Å². The van der Waals surface area contributed by atoms with Crippen molar-refractivity contribution in [1.82, 2.24) is 0 Å². The quantitative estimate of drug-likeness (QED) is 0.669. The minimum absolute atomic E-state index is 0.179. The first kappa shape index (κ1) is 6.19. The minimum Gasteiger partial charge on any atom is -0.466 e. The van der Waals surface area contributed by atoms with E-state index in [-0.39, 0.29) is 6.61 Å². The Labute approximate surface area is 82.7 Å². The lowest BCUT2D eigenvalue weighted by Crippen LogP contribution is -2.12. The molecule has 1 atom stereocenters. The molecule has 0 saturated carbocycles. The predicted molar refractivity (Wildman–Crippen MR) is 51.5 cm³/mol. The summed E-state index contributed by atoms with van der Waals surface area (Å²) >= 11 is 0. The van der Waals surface area contributed by atoms with Gasteiger partial charge in [-0.1, -0.05) is 30.3 Å². The maximum atomic E-state index is 11.6. The molecule has 0 aliphatic carbocycles. The summed E-state index contributed by atoms with van der Waals surface area (Å²) in [5.74, 6) is -1.90. The third-order valence-corrected chi connectivity index (χ3v) is 1.66. The molecule has 2 nitrogen and oxygen atoms in total. The van der Waals surface area contributed by atoms with Gasteiger partial charge < -0.3 is 4.74 Å². The summed E-state index contributed by atoms with van der Waals surface area (Å²) in [5, 5.41) is 0. The Hall–Kier alpha value is -1.31. The van der Waals surface area contributed by atoms with Gasteiger partial charge in [0.1, 0.15) is 0 Å². The number of ether oxygens (including phenoxy) is 1. The van der Waals surface area contributed by atoms with E-state index in [1.54, 1.807) is 37.3 Å². The molecule has 1 aromatic carbocycles. The van der Waals surface area contributed by atoms with E-state index in [1.807, 2.05) is 0 Å². The van der Waals surface area contributed by atoms with Crippen LogP contribution in [-0.2, 0) is 9.53 Å². The van der Waals surface area contributed by atoms with Gasteiger partial charge in [0.15, 0.2) is 0 Å². The Kier molecular flexibility index (Phi) is 2.21. The van der Waals surface area contributed by atoms with Gasteiger partial charge in [0.05, 0.1) is 12.5 Å². The monoisotopic (exact) mass is 181 g/mol. The summed E-state index contributed by atoms with van der Waals surface area (Å²) in [6.45, 7) is -0.550. The molecule has 0 bridgehead atoms. The molecule has 0 heterocycles. The second-order valence-corrected chi connectivity index (χ2v) is 2.60. The maximum Gasteiger partial charge on any atom is 0.313 e. The van der Waals surface area contributed by atoms with Crippen LogP contribution in [0.4, 0.5) is 0 Å². The molecule has 0 radical (unpaired) electrons. The zero-order valence-electron chi connectivity index (χ0n) is 10.5. The van der Waals surface area contributed by atoms with E-state index in [4.69, 9.17) is 8.85 Å². The van der Waals surface area contributed by atoms with Gasteiger partial charge in [-0.25, -0.2) is 0 Å². The summed E-state index contributed by atoms with van der Waals surface area (Å²) in [6, 6.07) is 8.41. The topological polar surface area (TPSA) is 26.3 Å². The highest BCUT2D eigenvalue weighted by atomic mass is 16.5. The van der Waals surface area contributed by atoms with E-state index in [0.717, 1.165) is 0 Å². The molecular weight excluding hydrogens is 164 g/mol. The van der Waals surface area contributed by atoms with Gasteiger partial charge in [-0.2, -0.15) is 0 Å². The highest BCUT2D eigenvalue weighted by Gasteiger charge is 2.14. The Bertz CT molecular complexity index is 346. The average molecular weight is 181 g/mol. The van der Waals surface area contributed by atoms with Crippen molar-refractivity contribution in [2.24, 2.45) is 0 Å². The lowest BCUT2D eigenvalue weighted by Gasteiger charge is -2.09. The summed E-state index contributed by atoms with van der Waals surface area (Å²) < 4.78 is 26.9. The van der Waals surface area contributed by atoms with Crippen LogP contribution in [0.15, 0.2) is 30.3 Å². The molecule has 13 heavy (non-hydrogen) atoms. The van der Waals surface area contributed by atoms with Crippen molar-refractivity contribution in [2.75, 3.05) is 6.61 Å². The van der Waals surface area contributed by atoms with Crippen LogP contribution in [0, 0.1) is 0 Å². The second-order valence-electron chi connectivity index (χ2n) is 2.60. The van der Waals surface area contributed by atoms with Crippen LogP contribution in [0.3, 0.4) is 0 Å². The van der Waals surface area contributed by atoms with Gasteiger partial charge >= 0.3 is 5.97 Å². The summed E-state index contributed by atoms with van der Waals surface area (Å²) in [6.07, 6.45) is 0. The van der Waals surface area contributed by atoms with Crippen LogP contribution in [0.25, 0.3) is 0 Å². The molecule has 0 spiro atoms. The largest absolute Gasteiger partial charge is 0.466 e. The van der Waals surface area contributed by atoms with E-state index in [2.05, 4.69) is 0 Å². The third-order valence-electron chi connectivity index (χ3n) is 1.66. The summed E-state index contributed by atoms with van der Waals surface area (Å²) in [7, 11) is 0. The van der Waals surface area contributed by atoms with Crippen LogP contribution in [0.1, 0.15) is 29.4 Å². The molecule has 1 rings (SSSR count). The van der Waals surface area contributed by atoms with Crippen LogP contribution in [0.5, 0.6) is 0 Å². The normalized spacial score (nSPS) is 16.5. The van der Waals surface area contributed by atoms with Gasteiger partial charge in [0.25, 0.3) is 0 Å². The number of rotatable bonds is 3. The molecule has 0 amide bonds. The molecule has 70 valence electrons. The van der Waals surface area contributed by atoms with Crippen molar-refractivity contribution in [1.29, 1.82) is 0 Å². The maximum absolute atomic E-state index is 11.6. The molecule has 0 fully saturated rings. The molecule has 0 aromatic heterocycles. The SMILES string of the molecule is [2H]C([2H])([2H])C(C(=O)OCC)c1ccccc1. The fraction of sp³-hybridized carbons (Fsp3) is 0.364. The van der Waals surface area contributed by atoms with Crippen LogP contribution in [-0.4, -0.2) is 12.6 Å². The first-order valence-corrected chi connectivity index (χ1v) is 4.18. The lowest BCUT2D eigenvalue weighted by atomic mass is 10.0. The Morgan fingerprint density at radius 2 is 2.23 bits per heavy atom. The highest BCUT2D eigenvalue weighted by Crippen LogP contribution is 2.15. The Balaban J connectivity index is 3.02. The predicted octanol–water partition coefficient (Wildman–Crippen LogP) is 2.35. The first-order valence-electron chi connectivity index (χ1n) is 5.68. The van der Waals surface area contributed by atoms with Crippen molar-refractivity contribution < 1.29 is 13.6 Å². The van der Waals surface area contributed by atoms with E-state index in [0.29, 0.717) is 5.56 Å². The van der Waals surface area contributed by atoms with Gasteiger partial charge in [0, 0.05) is 4.11 Å². The third kappa shape index (κ3) is 2.58. The number of hydrogen-bond acceptors (Lipinski definition) is 2. The first-order chi connectivity index (χ1) is 7.46. The molecule has 2 heteroatoms. The molecule has 0 aliphatic rings. The van der Waals surface area contributed by atoms with E-state index in [9.17, 15) is 4.79 Å². The van der Waals surface area contributed by atoms with E-state index < -0.39 is 18.7 Å². The van der Waals surface area contributed by atoms with E-state index in [1.165, 1.54) is 0 Å². The molecule has 0 N–H and O–H groups in total. The van der Waals surface area contributed by atoms with Crippen molar-refractivity contribution in [3.63, 3.8) is 0 Å². The Morgan fingerprint density at radius 1 is 1.54 bits per heavy atom. The smallest absolute Gasteiger partial charge is 0.313 e. The van der Waals surface area contributed by atoms with Crippen molar-refractivity contribution in [2.45, 2.75) is 19.7 Å². The van der Waals surface area contributed by atoms with Crippen molar-refractivity contribution in [3.8, 4) is 0 Å². The van der Waals surface area contributed by atoms with Crippen LogP contribution >= 0.6 is 0 Å². The average Bonchev–Trinajstić information content (AvgIpc) is 2.17. The molecule has 1 aromatic rings.